The first-order valence-corrected chi connectivity index (χ1v) is 9.39. The van der Waals surface area contributed by atoms with Crippen LogP contribution < -0.4 is 20.1 Å². The third kappa shape index (κ3) is 2.55. The predicted octanol–water partition coefficient (Wildman–Crippen LogP) is 2.74. The van der Waals surface area contributed by atoms with Crippen molar-refractivity contribution in [3.8, 4) is 11.5 Å². The Hall–Kier alpha value is -2.21. The lowest BCUT2D eigenvalue weighted by Crippen LogP contribution is -2.50. The SMILES string of the molecule is CCC1C=C2N(Cc3cc(OC)cc(OC)c31)C(=O)NC21CCNCC1. The first kappa shape index (κ1) is 17.2. The van der Waals surface area contributed by atoms with Gasteiger partial charge in [0.1, 0.15) is 11.5 Å². The minimum atomic E-state index is -0.241. The van der Waals surface area contributed by atoms with Gasteiger partial charge in [-0.1, -0.05) is 13.0 Å². The molecule has 4 rings (SSSR count). The van der Waals surface area contributed by atoms with E-state index >= 15 is 0 Å². The zero-order valence-corrected chi connectivity index (χ0v) is 15.7. The molecule has 2 fully saturated rings. The number of hydrogen-bond donors (Lipinski definition) is 2. The number of nitrogens with one attached hydrogen (secondary N) is 2. The molecule has 3 aliphatic rings. The van der Waals surface area contributed by atoms with Crippen molar-refractivity contribution in [3.63, 3.8) is 0 Å². The van der Waals surface area contributed by atoms with Gasteiger partial charge in [-0.2, -0.15) is 0 Å². The fourth-order valence-corrected chi connectivity index (χ4v) is 4.61. The first-order chi connectivity index (χ1) is 12.6. The van der Waals surface area contributed by atoms with E-state index in [1.807, 2.05) is 17.0 Å². The third-order valence-electron chi connectivity index (χ3n) is 5.98. The van der Waals surface area contributed by atoms with E-state index in [0.29, 0.717) is 6.54 Å². The van der Waals surface area contributed by atoms with Gasteiger partial charge in [-0.3, -0.25) is 4.90 Å². The van der Waals surface area contributed by atoms with Crippen LogP contribution in [0.4, 0.5) is 4.79 Å². The normalized spacial score (nSPS) is 23.7. The number of carbonyl (C=O) groups excluding carboxylic acids is 1. The molecule has 3 aliphatic heterocycles. The summed E-state index contributed by atoms with van der Waals surface area (Å²) in [4.78, 5) is 14.8. The lowest BCUT2D eigenvalue weighted by molar-refractivity contribution is 0.220. The van der Waals surface area contributed by atoms with Gasteiger partial charge in [0.05, 0.1) is 26.3 Å². The Labute approximate surface area is 154 Å². The molecule has 2 N–H and O–H groups in total. The van der Waals surface area contributed by atoms with E-state index in [0.717, 1.165) is 55.1 Å². The minimum Gasteiger partial charge on any atom is -0.497 e. The Morgan fingerprint density at radius 2 is 2.00 bits per heavy atom. The van der Waals surface area contributed by atoms with Gasteiger partial charge in [-0.05, 0) is 44.0 Å². The lowest BCUT2D eigenvalue weighted by atomic mass is 9.83. The Morgan fingerprint density at radius 1 is 1.23 bits per heavy atom. The molecule has 0 aromatic heterocycles. The number of amides is 2. The van der Waals surface area contributed by atoms with Gasteiger partial charge in [-0.15, -0.1) is 0 Å². The van der Waals surface area contributed by atoms with Crippen LogP contribution in [-0.2, 0) is 6.54 Å². The van der Waals surface area contributed by atoms with E-state index in [4.69, 9.17) is 9.47 Å². The van der Waals surface area contributed by atoms with Crippen molar-refractivity contribution in [2.45, 2.75) is 44.2 Å². The summed E-state index contributed by atoms with van der Waals surface area (Å²) in [5, 5.41) is 6.69. The number of nitrogens with zero attached hydrogens (tertiary/aromatic N) is 1. The van der Waals surface area contributed by atoms with Gasteiger partial charge in [0.15, 0.2) is 0 Å². The van der Waals surface area contributed by atoms with Gasteiger partial charge in [-0.25, -0.2) is 4.79 Å². The molecule has 140 valence electrons. The molecular formula is C20H27N3O3. The van der Waals surface area contributed by atoms with Crippen LogP contribution in [0.5, 0.6) is 11.5 Å². The van der Waals surface area contributed by atoms with Crippen LogP contribution in [0.15, 0.2) is 23.9 Å². The highest BCUT2D eigenvalue weighted by molar-refractivity contribution is 5.82. The summed E-state index contributed by atoms with van der Waals surface area (Å²) >= 11 is 0. The van der Waals surface area contributed by atoms with Crippen LogP contribution in [0, 0.1) is 0 Å². The number of fused-ring (bicyclic) bond motifs is 3. The smallest absolute Gasteiger partial charge is 0.322 e. The van der Waals surface area contributed by atoms with Gasteiger partial charge in [0.25, 0.3) is 0 Å². The summed E-state index contributed by atoms with van der Waals surface area (Å²) in [6, 6.07) is 3.98. The Balaban J connectivity index is 1.85. The van der Waals surface area contributed by atoms with E-state index in [2.05, 4.69) is 23.6 Å². The maximum atomic E-state index is 12.8. The number of benzene rings is 1. The molecule has 1 spiro atoms. The summed E-state index contributed by atoms with van der Waals surface area (Å²) in [5.74, 6) is 1.81. The molecule has 0 aliphatic carbocycles. The fraction of sp³-hybridized carbons (Fsp3) is 0.550. The molecule has 26 heavy (non-hydrogen) atoms. The Morgan fingerprint density at radius 3 is 2.65 bits per heavy atom. The first-order valence-electron chi connectivity index (χ1n) is 9.39. The predicted molar refractivity (Wildman–Crippen MR) is 99.6 cm³/mol. The molecule has 1 atom stereocenters. The Kier molecular flexibility index (Phi) is 4.31. The number of allylic oxidation sites excluding steroid dienone is 1. The number of hydrogen-bond acceptors (Lipinski definition) is 4. The van der Waals surface area contributed by atoms with Crippen LogP contribution >= 0.6 is 0 Å². The molecule has 1 unspecified atom stereocenters. The largest absolute Gasteiger partial charge is 0.497 e. The van der Waals surface area contributed by atoms with Crippen LogP contribution in [0.1, 0.15) is 43.2 Å². The standard InChI is InChI=1S/C20H27N3O3/c1-4-13-10-17-20(5-7-21-8-6-20)22-19(24)23(17)12-14-9-15(25-2)11-16(26-3)18(13)14/h9-11,13,21H,4-8,12H2,1-3H3,(H,22,24). The van der Waals surface area contributed by atoms with Crippen molar-refractivity contribution < 1.29 is 14.3 Å². The van der Waals surface area contributed by atoms with Crippen LogP contribution in [-0.4, -0.2) is 43.8 Å². The third-order valence-corrected chi connectivity index (χ3v) is 5.98. The monoisotopic (exact) mass is 357 g/mol. The second-order valence-corrected chi connectivity index (χ2v) is 7.32. The van der Waals surface area contributed by atoms with E-state index in [1.165, 1.54) is 5.56 Å². The second-order valence-electron chi connectivity index (χ2n) is 7.32. The summed E-state index contributed by atoms with van der Waals surface area (Å²) in [7, 11) is 3.35. The maximum Gasteiger partial charge on any atom is 0.322 e. The highest BCUT2D eigenvalue weighted by Crippen LogP contribution is 2.45. The average molecular weight is 357 g/mol. The van der Waals surface area contributed by atoms with Crippen LogP contribution in [0.3, 0.4) is 0 Å². The van der Waals surface area contributed by atoms with Crippen molar-refractivity contribution in [1.29, 1.82) is 0 Å². The van der Waals surface area contributed by atoms with Crippen molar-refractivity contribution in [2.75, 3.05) is 27.3 Å². The highest BCUT2D eigenvalue weighted by Gasteiger charge is 2.49. The lowest BCUT2D eigenvalue weighted by Gasteiger charge is -2.35. The average Bonchev–Trinajstić information content (AvgIpc) is 2.82. The zero-order valence-electron chi connectivity index (χ0n) is 15.7. The van der Waals surface area contributed by atoms with Gasteiger partial charge < -0.3 is 20.1 Å². The van der Waals surface area contributed by atoms with Crippen LogP contribution in [0.25, 0.3) is 0 Å². The molecule has 0 radical (unpaired) electrons. The van der Waals surface area contributed by atoms with Crippen molar-refractivity contribution >= 4 is 6.03 Å². The van der Waals surface area contributed by atoms with Gasteiger partial charge in [0, 0.05) is 23.2 Å². The molecule has 0 saturated carbocycles. The number of methoxy groups -OCH3 is 2. The molecule has 1 aromatic rings. The molecule has 2 saturated heterocycles. The summed E-state index contributed by atoms with van der Waals surface area (Å²) in [6.45, 7) is 4.58. The number of piperidine rings is 1. The number of carbonyl (C=O) groups is 1. The maximum absolute atomic E-state index is 12.8. The molecule has 2 amide bonds. The summed E-state index contributed by atoms with van der Waals surface area (Å²) in [6.07, 6.45) is 5.10. The molecular weight excluding hydrogens is 330 g/mol. The summed E-state index contributed by atoms with van der Waals surface area (Å²) < 4.78 is 11.1. The molecule has 3 heterocycles. The van der Waals surface area contributed by atoms with Gasteiger partial charge in [0.2, 0.25) is 0 Å². The second kappa shape index (κ2) is 6.50. The van der Waals surface area contributed by atoms with Crippen molar-refractivity contribution in [1.82, 2.24) is 15.5 Å². The highest BCUT2D eigenvalue weighted by atomic mass is 16.5. The molecule has 6 heteroatoms. The molecule has 6 nitrogen and oxygen atoms in total. The number of rotatable bonds is 3. The summed E-state index contributed by atoms with van der Waals surface area (Å²) in [5.41, 5.74) is 3.16. The molecule has 1 aromatic carbocycles. The minimum absolute atomic E-state index is 0.00244. The topological polar surface area (TPSA) is 62.8 Å². The fourth-order valence-electron chi connectivity index (χ4n) is 4.61. The van der Waals surface area contributed by atoms with E-state index in [-0.39, 0.29) is 17.5 Å². The zero-order chi connectivity index (χ0) is 18.3. The van der Waals surface area contributed by atoms with E-state index < -0.39 is 0 Å². The van der Waals surface area contributed by atoms with E-state index in [1.54, 1.807) is 14.2 Å². The van der Waals surface area contributed by atoms with Crippen molar-refractivity contribution in [3.05, 3.63) is 35.0 Å². The Bertz CT molecular complexity index is 753. The van der Waals surface area contributed by atoms with Gasteiger partial charge >= 0.3 is 6.03 Å². The van der Waals surface area contributed by atoms with Crippen molar-refractivity contribution in [2.24, 2.45) is 0 Å². The number of ether oxygens (including phenoxy) is 2. The van der Waals surface area contributed by atoms with E-state index in [9.17, 15) is 4.79 Å². The van der Waals surface area contributed by atoms with Crippen LogP contribution in [0.2, 0.25) is 0 Å². The quantitative estimate of drug-likeness (QED) is 0.873. The number of urea groups is 1. The molecule has 0 bridgehead atoms.